The molecule has 0 saturated heterocycles. The number of carbonyl (C=O) groups excluding carboxylic acids is 1. The van der Waals surface area contributed by atoms with Gasteiger partial charge in [0.05, 0.1) is 17.2 Å². The van der Waals surface area contributed by atoms with Crippen LogP contribution in [0.3, 0.4) is 0 Å². The van der Waals surface area contributed by atoms with Crippen LogP contribution in [0.1, 0.15) is 5.82 Å². The molecule has 160 valence electrons. The fraction of sp³-hybridized carbons (Fsp3) is 0.111. The second-order valence-corrected chi connectivity index (χ2v) is 8.96. The Kier molecular flexibility index (Phi) is 5.71. The van der Waals surface area contributed by atoms with Crippen LogP contribution in [0, 0.1) is 5.82 Å². The van der Waals surface area contributed by atoms with Gasteiger partial charge in [-0.15, -0.1) is 10.2 Å². The number of nitrogens with one attached hydrogen (secondary N) is 1. The van der Waals surface area contributed by atoms with Crippen LogP contribution in [0.15, 0.2) is 63.7 Å². The van der Waals surface area contributed by atoms with Gasteiger partial charge in [-0.2, -0.15) is 9.78 Å². The van der Waals surface area contributed by atoms with E-state index in [1.54, 1.807) is 28.0 Å². The first-order valence-corrected chi connectivity index (χ1v) is 11.4. The predicted octanol–water partition coefficient (Wildman–Crippen LogP) is 1.61. The number of nitrogens with zero attached hydrogens (tertiary/aromatic N) is 5. The zero-order valence-corrected chi connectivity index (χ0v) is 17.5. The predicted molar refractivity (Wildman–Crippen MR) is 114 cm³/mol. The highest BCUT2D eigenvalue weighted by molar-refractivity contribution is 7.99. The van der Waals surface area contributed by atoms with Crippen LogP contribution in [-0.2, 0) is 21.4 Å². The van der Waals surface area contributed by atoms with Crippen molar-refractivity contribution in [2.45, 2.75) is 16.6 Å². The third kappa shape index (κ3) is 4.90. The minimum absolute atomic E-state index is 0.0393. The summed E-state index contributed by atoms with van der Waals surface area (Å²) in [5.41, 5.74) is 1.20. The van der Waals surface area contributed by atoms with E-state index >= 15 is 0 Å². The van der Waals surface area contributed by atoms with Crippen LogP contribution in [0.4, 0.5) is 15.8 Å². The third-order valence-corrected chi connectivity index (χ3v) is 6.10. The summed E-state index contributed by atoms with van der Waals surface area (Å²) in [4.78, 5) is 14.0. The maximum Gasteiger partial charge on any atom is 0.238 e. The Bertz CT molecular complexity index is 1240. The van der Waals surface area contributed by atoms with Crippen molar-refractivity contribution in [2.24, 2.45) is 10.2 Å². The van der Waals surface area contributed by atoms with Gasteiger partial charge in [-0.3, -0.25) is 4.79 Å². The maximum absolute atomic E-state index is 13.1. The fourth-order valence-electron chi connectivity index (χ4n) is 2.75. The molecule has 10 nitrogen and oxygen atoms in total. The Morgan fingerprint density at radius 1 is 1.13 bits per heavy atom. The smallest absolute Gasteiger partial charge is 0.238 e. The first-order valence-electron chi connectivity index (χ1n) is 8.86. The molecular formula is C18H16FN7O3S2. The van der Waals surface area contributed by atoms with Crippen LogP contribution in [0.25, 0.3) is 0 Å². The van der Waals surface area contributed by atoms with Gasteiger partial charge < -0.3 is 10.2 Å². The van der Waals surface area contributed by atoms with Crippen molar-refractivity contribution >= 4 is 45.4 Å². The van der Waals surface area contributed by atoms with Gasteiger partial charge in [0.15, 0.2) is 5.82 Å². The van der Waals surface area contributed by atoms with E-state index in [1.807, 2.05) is 0 Å². The highest BCUT2D eigenvalue weighted by atomic mass is 32.2. The number of benzene rings is 2. The molecule has 1 amide bonds. The SMILES string of the molecule is NS(=O)(=O)c1ccc(NC(=O)CSc2nnc3n2N=CN(c2ccc(F)cc2)C3)cc1. The second-order valence-electron chi connectivity index (χ2n) is 6.45. The summed E-state index contributed by atoms with van der Waals surface area (Å²) in [6.07, 6.45) is 1.58. The first-order chi connectivity index (χ1) is 14.8. The zero-order chi connectivity index (χ0) is 22.0. The molecule has 2 heterocycles. The van der Waals surface area contributed by atoms with Gasteiger partial charge in [-0.25, -0.2) is 17.9 Å². The Labute approximate surface area is 181 Å². The fourth-order valence-corrected chi connectivity index (χ4v) is 3.97. The van der Waals surface area contributed by atoms with Crippen molar-refractivity contribution in [1.29, 1.82) is 0 Å². The average Bonchev–Trinajstić information content (AvgIpc) is 3.15. The quantitative estimate of drug-likeness (QED) is 0.532. The van der Waals surface area contributed by atoms with Gasteiger partial charge in [0.1, 0.15) is 12.2 Å². The normalized spacial score (nSPS) is 13.2. The molecule has 0 fully saturated rings. The highest BCUT2D eigenvalue weighted by Crippen LogP contribution is 2.23. The summed E-state index contributed by atoms with van der Waals surface area (Å²) < 4.78 is 37.2. The number of nitrogens with two attached hydrogens (primary N) is 1. The standard InChI is InChI=1S/C18H16FN7O3S2/c19-12-1-5-14(6-2-12)25-9-16-23-24-18(26(16)21-11-25)30-10-17(27)22-13-3-7-15(8-4-13)31(20,28)29/h1-8,11H,9-10H2,(H,22,27)(H2,20,28,29). The Hall–Kier alpha value is -3.29. The average molecular weight is 462 g/mol. The molecule has 0 atom stereocenters. The molecule has 4 rings (SSSR count). The van der Waals surface area contributed by atoms with Crippen molar-refractivity contribution in [3.8, 4) is 0 Å². The van der Waals surface area contributed by atoms with Crippen molar-refractivity contribution in [3.05, 3.63) is 60.2 Å². The number of amides is 1. The van der Waals surface area contributed by atoms with E-state index in [0.29, 0.717) is 23.2 Å². The van der Waals surface area contributed by atoms with E-state index < -0.39 is 10.0 Å². The number of carbonyl (C=O) groups is 1. The highest BCUT2D eigenvalue weighted by Gasteiger charge is 2.20. The number of anilines is 2. The molecule has 1 aliphatic heterocycles. The summed E-state index contributed by atoms with van der Waals surface area (Å²) in [7, 11) is -3.79. The summed E-state index contributed by atoms with van der Waals surface area (Å²) in [6.45, 7) is 0.394. The van der Waals surface area contributed by atoms with E-state index in [4.69, 9.17) is 5.14 Å². The van der Waals surface area contributed by atoms with Crippen LogP contribution >= 0.6 is 11.8 Å². The van der Waals surface area contributed by atoms with E-state index in [1.165, 1.54) is 36.4 Å². The molecule has 0 spiro atoms. The second kappa shape index (κ2) is 8.45. The molecule has 31 heavy (non-hydrogen) atoms. The summed E-state index contributed by atoms with van der Waals surface area (Å²) >= 11 is 1.16. The Morgan fingerprint density at radius 3 is 2.52 bits per heavy atom. The topological polar surface area (TPSA) is 136 Å². The maximum atomic E-state index is 13.1. The van der Waals surface area contributed by atoms with Gasteiger partial charge >= 0.3 is 0 Å². The lowest BCUT2D eigenvalue weighted by molar-refractivity contribution is -0.113. The first kappa shape index (κ1) is 21.0. The molecule has 1 aromatic heterocycles. The molecule has 13 heteroatoms. The summed E-state index contributed by atoms with van der Waals surface area (Å²) in [5.74, 6) is -0.00310. The van der Waals surface area contributed by atoms with Crippen molar-refractivity contribution in [2.75, 3.05) is 16.0 Å². The van der Waals surface area contributed by atoms with Crippen molar-refractivity contribution in [1.82, 2.24) is 14.9 Å². The summed E-state index contributed by atoms with van der Waals surface area (Å²) in [6, 6.07) is 11.6. The zero-order valence-electron chi connectivity index (χ0n) is 15.8. The Morgan fingerprint density at radius 2 is 1.84 bits per heavy atom. The van der Waals surface area contributed by atoms with Gasteiger partial charge in [-0.05, 0) is 48.5 Å². The molecule has 0 aliphatic carbocycles. The lowest BCUT2D eigenvalue weighted by Gasteiger charge is -2.22. The number of sulfonamides is 1. The third-order valence-electron chi connectivity index (χ3n) is 4.25. The number of hydrogen-bond donors (Lipinski definition) is 2. The van der Waals surface area contributed by atoms with Crippen LogP contribution in [0.2, 0.25) is 0 Å². The largest absolute Gasteiger partial charge is 0.325 e. The monoisotopic (exact) mass is 461 g/mol. The van der Waals surface area contributed by atoms with E-state index in [0.717, 1.165) is 17.4 Å². The van der Waals surface area contributed by atoms with E-state index in [2.05, 4.69) is 20.6 Å². The molecule has 2 aromatic carbocycles. The minimum atomic E-state index is -3.79. The van der Waals surface area contributed by atoms with Gasteiger partial charge in [0.2, 0.25) is 21.1 Å². The van der Waals surface area contributed by atoms with Crippen LogP contribution < -0.4 is 15.4 Å². The van der Waals surface area contributed by atoms with Crippen LogP contribution in [0.5, 0.6) is 0 Å². The lowest BCUT2D eigenvalue weighted by Crippen LogP contribution is -2.27. The number of thioether (sulfide) groups is 1. The molecule has 0 bridgehead atoms. The molecule has 0 unspecified atom stereocenters. The molecule has 0 saturated carbocycles. The number of aromatic nitrogens is 3. The van der Waals surface area contributed by atoms with Gasteiger partial charge in [0, 0.05) is 11.4 Å². The number of primary sulfonamides is 1. The molecule has 3 N–H and O–H groups in total. The summed E-state index contributed by atoms with van der Waals surface area (Å²) in [5, 5.41) is 20.6. The van der Waals surface area contributed by atoms with Crippen LogP contribution in [-0.4, -0.2) is 41.3 Å². The van der Waals surface area contributed by atoms with Crippen molar-refractivity contribution in [3.63, 3.8) is 0 Å². The molecule has 1 aliphatic rings. The van der Waals surface area contributed by atoms with Gasteiger partial charge in [-0.1, -0.05) is 11.8 Å². The minimum Gasteiger partial charge on any atom is -0.325 e. The molecule has 3 aromatic rings. The molecular weight excluding hydrogens is 445 g/mol. The number of hydrogen-bond acceptors (Lipinski definition) is 8. The van der Waals surface area contributed by atoms with E-state index in [9.17, 15) is 17.6 Å². The number of fused-ring (bicyclic) bond motifs is 1. The number of halogens is 1. The van der Waals surface area contributed by atoms with E-state index in [-0.39, 0.29) is 22.4 Å². The van der Waals surface area contributed by atoms with Crippen molar-refractivity contribution < 1.29 is 17.6 Å². The van der Waals surface area contributed by atoms with Gasteiger partial charge in [0.25, 0.3) is 0 Å². The number of rotatable bonds is 6. The lowest BCUT2D eigenvalue weighted by atomic mass is 10.3. The Balaban J connectivity index is 1.36. The molecule has 0 radical (unpaired) electrons.